The molecular formula is C11H16N2O. The highest BCUT2D eigenvalue weighted by Gasteiger charge is 2.23. The summed E-state index contributed by atoms with van der Waals surface area (Å²) >= 11 is 0. The van der Waals surface area contributed by atoms with E-state index in [1.165, 1.54) is 0 Å². The first-order chi connectivity index (χ1) is 6.72. The maximum Gasteiger partial charge on any atom is 0.145 e. The van der Waals surface area contributed by atoms with Crippen LogP contribution in [-0.2, 0) is 0 Å². The number of nitrogens with two attached hydrogens (primary N) is 1. The van der Waals surface area contributed by atoms with Gasteiger partial charge in [-0.15, -0.1) is 0 Å². The van der Waals surface area contributed by atoms with E-state index in [-0.39, 0.29) is 6.10 Å². The number of hydrogen-bond donors (Lipinski definition) is 1. The van der Waals surface area contributed by atoms with E-state index in [1.54, 1.807) is 0 Å². The number of fused-ring (bicyclic) bond motifs is 1. The van der Waals surface area contributed by atoms with Crippen molar-refractivity contribution >= 4 is 11.4 Å². The molecule has 2 N–H and O–H groups in total. The van der Waals surface area contributed by atoms with Crippen molar-refractivity contribution < 1.29 is 4.74 Å². The molecule has 1 aromatic carbocycles. The van der Waals surface area contributed by atoms with Crippen LogP contribution in [0.4, 0.5) is 11.4 Å². The zero-order valence-electron chi connectivity index (χ0n) is 8.66. The van der Waals surface area contributed by atoms with Crippen LogP contribution in [0.3, 0.4) is 0 Å². The van der Waals surface area contributed by atoms with E-state index in [2.05, 4.69) is 18.7 Å². The van der Waals surface area contributed by atoms with Gasteiger partial charge in [-0.1, -0.05) is 6.07 Å². The molecule has 0 saturated heterocycles. The Morgan fingerprint density at radius 3 is 3.07 bits per heavy atom. The SMILES string of the molecule is CCN1CC(C)Oc2cccc(N)c21. The number of nitrogen functional groups attached to an aromatic ring is 1. The predicted octanol–water partition coefficient (Wildman–Crippen LogP) is 1.88. The minimum Gasteiger partial charge on any atom is -0.487 e. The van der Waals surface area contributed by atoms with Crippen LogP contribution in [-0.4, -0.2) is 19.2 Å². The van der Waals surface area contributed by atoms with Crippen molar-refractivity contribution in [2.24, 2.45) is 0 Å². The van der Waals surface area contributed by atoms with Gasteiger partial charge in [-0.05, 0) is 26.0 Å². The summed E-state index contributed by atoms with van der Waals surface area (Å²) in [6, 6.07) is 5.82. The Morgan fingerprint density at radius 2 is 2.36 bits per heavy atom. The maximum atomic E-state index is 5.93. The Kier molecular flexibility index (Phi) is 2.23. The van der Waals surface area contributed by atoms with E-state index >= 15 is 0 Å². The van der Waals surface area contributed by atoms with Gasteiger partial charge < -0.3 is 15.4 Å². The number of likely N-dealkylation sites (N-methyl/N-ethyl adjacent to an activating group) is 1. The molecule has 1 atom stereocenters. The molecule has 0 spiro atoms. The minimum absolute atomic E-state index is 0.240. The lowest BCUT2D eigenvalue weighted by molar-refractivity contribution is 0.213. The number of ether oxygens (including phenoxy) is 1. The molecule has 0 fully saturated rings. The van der Waals surface area contributed by atoms with E-state index in [0.29, 0.717) is 0 Å². The van der Waals surface area contributed by atoms with Gasteiger partial charge in [0, 0.05) is 6.54 Å². The molecule has 1 heterocycles. The van der Waals surface area contributed by atoms with E-state index in [4.69, 9.17) is 10.5 Å². The lowest BCUT2D eigenvalue weighted by Gasteiger charge is -2.35. The highest BCUT2D eigenvalue weighted by molar-refractivity contribution is 5.75. The average molecular weight is 192 g/mol. The number of nitrogens with zero attached hydrogens (tertiary/aromatic N) is 1. The van der Waals surface area contributed by atoms with Gasteiger partial charge in [0.25, 0.3) is 0 Å². The largest absolute Gasteiger partial charge is 0.487 e. The monoisotopic (exact) mass is 192 g/mol. The molecule has 0 aromatic heterocycles. The third-order valence-electron chi connectivity index (χ3n) is 2.53. The molecule has 1 unspecified atom stereocenters. The van der Waals surface area contributed by atoms with Crippen LogP contribution >= 0.6 is 0 Å². The first-order valence-electron chi connectivity index (χ1n) is 5.02. The summed E-state index contributed by atoms with van der Waals surface area (Å²) in [6.45, 7) is 6.09. The van der Waals surface area contributed by atoms with Crippen molar-refractivity contribution in [3.05, 3.63) is 18.2 Å². The molecule has 76 valence electrons. The molecule has 0 bridgehead atoms. The Bertz CT molecular complexity index is 338. The summed E-state index contributed by atoms with van der Waals surface area (Å²) < 4.78 is 5.72. The Hall–Kier alpha value is -1.38. The molecular weight excluding hydrogens is 176 g/mol. The first kappa shape index (κ1) is 9.19. The smallest absolute Gasteiger partial charge is 0.145 e. The third kappa shape index (κ3) is 1.39. The molecule has 14 heavy (non-hydrogen) atoms. The van der Waals surface area contributed by atoms with Gasteiger partial charge in [0.15, 0.2) is 0 Å². The molecule has 1 aromatic rings. The fourth-order valence-electron chi connectivity index (χ4n) is 1.92. The van der Waals surface area contributed by atoms with Crippen LogP contribution in [0.1, 0.15) is 13.8 Å². The van der Waals surface area contributed by atoms with Crippen molar-refractivity contribution in [3.63, 3.8) is 0 Å². The minimum atomic E-state index is 0.240. The highest BCUT2D eigenvalue weighted by atomic mass is 16.5. The van der Waals surface area contributed by atoms with Crippen LogP contribution in [0.5, 0.6) is 5.75 Å². The number of para-hydroxylation sites is 1. The van der Waals surface area contributed by atoms with E-state index < -0.39 is 0 Å². The average Bonchev–Trinajstić information content (AvgIpc) is 2.16. The van der Waals surface area contributed by atoms with Crippen molar-refractivity contribution in [3.8, 4) is 5.75 Å². The summed E-state index contributed by atoms with van der Waals surface area (Å²) in [5.41, 5.74) is 7.78. The van der Waals surface area contributed by atoms with Gasteiger partial charge in [-0.2, -0.15) is 0 Å². The summed E-state index contributed by atoms with van der Waals surface area (Å²) in [7, 11) is 0. The standard InChI is InChI=1S/C11H16N2O/c1-3-13-7-8(2)14-10-6-4-5-9(12)11(10)13/h4-6,8H,3,7,12H2,1-2H3. The van der Waals surface area contributed by atoms with E-state index in [9.17, 15) is 0 Å². The van der Waals surface area contributed by atoms with Gasteiger partial charge >= 0.3 is 0 Å². The lowest BCUT2D eigenvalue weighted by atomic mass is 10.1. The fourth-order valence-corrected chi connectivity index (χ4v) is 1.92. The Labute approximate surface area is 84.5 Å². The van der Waals surface area contributed by atoms with Crippen molar-refractivity contribution in [2.45, 2.75) is 20.0 Å². The number of rotatable bonds is 1. The van der Waals surface area contributed by atoms with Crippen LogP contribution in [0.15, 0.2) is 18.2 Å². The van der Waals surface area contributed by atoms with Gasteiger partial charge in [0.2, 0.25) is 0 Å². The van der Waals surface area contributed by atoms with Crippen LogP contribution in [0, 0.1) is 0 Å². The summed E-state index contributed by atoms with van der Waals surface area (Å²) in [4.78, 5) is 2.26. The molecule has 0 amide bonds. The molecule has 1 aliphatic rings. The zero-order chi connectivity index (χ0) is 10.1. The number of hydrogen-bond acceptors (Lipinski definition) is 3. The number of anilines is 2. The summed E-state index contributed by atoms with van der Waals surface area (Å²) in [5.74, 6) is 0.908. The van der Waals surface area contributed by atoms with Gasteiger partial charge in [0.05, 0.1) is 12.2 Å². The van der Waals surface area contributed by atoms with Crippen molar-refractivity contribution in [1.82, 2.24) is 0 Å². The molecule has 0 radical (unpaired) electrons. The topological polar surface area (TPSA) is 38.5 Å². The predicted molar refractivity (Wildman–Crippen MR) is 58.8 cm³/mol. The van der Waals surface area contributed by atoms with Gasteiger partial charge in [-0.3, -0.25) is 0 Å². The fraction of sp³-hybridized carbons (Fsp3) is 0.455. The summed E-state index contributed by atoms with van der Waals surface area (Å²) in [5, 5.41) is 0. The maximum absolute atomic E-state index is 5.93. The Morgan fingerprint density at radius 1 is 1.57 bits per heavy atom. The molecule has 3 heteroatoms. The third-order valence-corrected chi connectivity index (χ3v) is 2.53. The van der Waals surface area contributed by atoms with E-state index in [0.717, 1.165) is 30.2 Å². The van der Waals surface area contributed by atoms with Crippen molar-refractivity contribution in [2.75, 3.05) is 23.7 Å². The molecule has 0 saturated carbocycles. The molecule has 0 aliphatic carbocycles. The summed E-state index contributed by atoms with van der Waals surface area (Å²) in [6.07, 6.45) is 0.240. The van der Waals surface area contributed by atoms with Gasteiger partial charge in [0.1, 0.15) is 17.5 Å². The van der Waals surface area contributed by atoms with Crippen LogP contribution in [0.2, 0.25) is 0 Å². The highest BCUT2D eigenvalue weighted by Crippen LogP contribution is 2.37. The first-order valence-corrected chi connectivity index (χ1v) is 5.02. The zero-order valence-corrected chi connectivity index (χ0v) is 8.66. The van der Waals surface area contributed by atoms with Crippen LogP contribution < -0.4 is 15.4 Å². The molecule has 3 nitrogen and oxygen atoms in total. The molecule has 1 aliphatic heterocycles. The van der Waals surface area contributed by atoms with Crippen LogP contribution in [0.25, 0.3) is 0 Å². The second kappa shape index (κ2) is 3.40. The quantitative estimate of drug-likeness (QED) is 0.690. The number of benzene rings is 1. The second-order valence-corrected chi connectivity index (χ2v) is 3.66. The molecule has 2 rings (SSSR count). The van der Waals surface area contributed by atoms with E-state index in [1.807, 2.05) is 18.2 Å². The lowest BCUT2D eigenvalue weighted by Crippen LogP contribution is -2.38. The van der Waals surface area contributed by atoms with Crippen molar-refractivity contribution in [1.29, 1.82) is 0 Å². The normalized spacial score (nSPS) is 20.1. The Balaban J connectivity index is 2.46. The second-order valence-electron chi connectivity index (χ2n) is 3.66. The van der Waals surface area contributed by atoms with Gasteiger partial charge in [-0.25, -0.2) is 0 Å².